The molecule has 0 bridgehead atoms. The van der Waals surface area contributed by atoms with Crippen molar-refractivity contribution in [3.05, 3.63) is 46.7 Å². The van der Waals surface area contributed by atoms with Crippen LogP contribution in [-0.4, -0.2) is 40.1 Å². The minimum atomic E-state index is -4.50. The smallest absolute Gasteiger partial charge is 0.279 e. The van der Waals surface area contributed by atoms with Gasteiger partial charge in [-0.15, -0.1) is 11.8 Å². The summed E-state index contributed by atoms with van der Waals surface area (Å²) in [5, 5.41) is 3.70. The van der Waals surface area contributed by atoms with Gasteiger partial charge in [-0.1, -0.05) is 32.0 Å². The van der Waals surface area contributed by atoms with Crippen LogP contribution in [0.25, 0.3) is 11.1 Å². The second kappa shape index (κ2) is 7.93. The van der Waals surface area contributed by atoms with Gasteiger partial charge in [0.1, 0.15) is 12.4 Å². The average Bonchev–Trinajstić information content (AvgIpc) is 3.11. The lowest BCUT2D eigenvalue weighted by Crippen LogP contribution is -2.56. The van der Waals surface area contributed by atoms with E-state index in [1.165, 1.54) is 11.8 Å². The number of alkyl halides is 3. The molecule has 1 atom stereocenters. The molecular weight excluding hydrogens is 395 g/mol. The van der Waals surface area contributed by atoms with Crippen molar-refractivity contribution in [2.24, 2.45) is 4.99 Å². The van der Waals surface area contributed by atoms with Crippen molar-refractivity contribution in [2.75, 3.05) is 6.54 Å². The minimum Gasteiger partial charge on any atom is -0.279 e. The molecule has 0 fully saturated rings. The Bertz CT molecular complexity index is 835. The topological polar surface area (TPSA) is 44.7 Å². The third-order valence-electron chi connectivity index (χ3n) is 3.69. The fourth-order valence-electron chi connectivity index (χ4n) is 2.57. The van der Waals surface area contributed by atoms with Gasteiger partial charge >= 0.3 is 6.18 Å². The van der Waals surface area contributed by atoms with E-state index < -0.39 is 24.0 Å². The van der Waals surface area contributed by atoms with Crippen LogP contribution < -0.4 is 5.43 Å². The van der Waals surface area contributed by atoms with E-state index in [-0.39, 0.29) is 11.1 Å². The number of hydrazine groups is 1. The molecule has 0 saturated heterocycles. The maximum absolute atomic E-state index is 12.9. The van der Waals surface area contributed by atoms with Crippen LogP contribution in [-0.2, 0) is 4.79 Å². The fourth-order valence-corrected chi connectivity index (χ4v) is 4.17. The molecule has 0 radical (unpaired) electrons. The third-order valence-corrected chi connectivity index (χ3v) is 5.49. The van der Waals surface area contributed by atoms with Crippen LogP contribution >= 0.6 is 23.1 Å². The number of nitrogens with one attached hydrogen (secondary N) is 1. The molecule has 3 rings (SSSR count). The zero-order valence-electron chi connectivity index (χ0n) is 14.7. The van der Waals surface area contributed by atoms with Gasteiger partial charge < -0.3 is 0 Å². The van der Waals surface area contributed by atoms with Gasteiger partial charge in [-0.05, 0) is 34.0 Å². The molecule has 9 heteroatoms. The monoisotopic (exact) mass is 413 g/mol. The Labute approximate surface area is 163 Å². The van der Waals surface area contributed by atoms with Crippen molar-refractivity contribution < 1.29 is 18.0 Å². The number of nitrogens with zero attached hydrogens (tertiary/aromatic N) is 2. The van der Waals surface area contributed by atoms with Crippen molar-refractivity contribution in [3.8, 4) is 11.1 Å². The van der Waals surface area contributed by atoms with Crippen molar-refractivity contribution in [2.45, 2.75) is 30.6 Å². The second-order valence-corrected chi connectivity index (χ2v) is 8.70. The molecular formula is C18H18F3N3OS2. The summed E-state index contributed by atoms with van der Waals surface area (Å²) in [4.78, 5) is 16.8. The Hall–Kier alpha value is -2.00. The molecule has 1 unspecified atom stereocenters. The molecule has 4 nitrogen and oxygen atoms in total. The first-order valence-electron chi connectivity index (χ1n) is 8.24. The van der Waals surface area contributed by atoms with Crippen LogP contribution in [0.3, 0.4) is 0 Å². The molecule has 1 aromatic carbocycles. The Morgan fingerprint density at radius 2 is 2.00 bits per heavy atom. The molecule has 0 spiro atoms. The Kier molecular flexibility index (Phi) is 5.81. The second-order valence-electron chi connectivity index (χ2n) is 6.26. The van der Waals surface area contributed by atoms with E-state index in [2.05, 4.69) is 10.4 Å². The van der Waals surface area contributed by atoms with Gasteiger partial charge in [0.15, 0.2) is 5.37 Å². The number of halogens is 3. The van der Waals surface area contributed by atoms with E-state index >= 15 is 0 Å². The largest absolute Gasteiger partial charge is 0.408 e. The highest BCUT2D eigenvalue weighted by Gasteiger charge is 2.39. The fraction of sp³-hybridized carbons (Fsp3) is 0.333. The quantitative estimate of drug-likeness (QED) is 0.783. The molecule has 144 valence electrons. The van der Waals surface area contributed by atoms with Crippen LogP contribution in [0.15, 0.2) is 46.1 Å². The first-order chi connectivity index (χ1) is 12.7. The number of thioether (sulfide) groups is 1. The molecule has 2 aromatic rings. The summed E-state index contributed by atoms with van der Waals surface area (Å²) in [5.74, 6) is -0.433. The first kappa shape index (κ1) is 19.8. The van der Waals surface area contributed by atoms with Gasteiger partial charge in [0, 0.05) is 10.8 Å². The maximum atomic E-state index is 12.9. The minimum absolute atomic E-state index is 0.0481. The SMILES string of the molecule is CC(C)SC1N=C(c2cccc(-c3ccsc3)c2)NN(CC(F)(F)F)C1=O. The van der Waals surface area contributed by atoms with Crippen molar-refractivity contribution >= 4 is 34.8 Å². The molecule has 2 heterocycles. The lowest BCUT2D eigenvalue weighted by Gasteiger charge is -2.33. The zero-order chi connectivity index (χ0) is 19.6. The van der Waals surface area contributed by atoms with Crippen LogP contribution in [0.5, 0.6) is 0 Å². The number of amides is 1. The molecule has 27 heavy (non-hydrogen) atoms. The number of hydrogen-bond acceptors (Lipinski definition) is 5. The van der Waals surface area contributed by atoms with Crippen LogP contribution in [0.2, 0.25) is 0 Å². The van der Waals surface area contributed by atoms with E-state index in [0.29, 0.717) is 10.6 Å². The Balaban J connectivity index is 1.94. The number of amidine groups is 1. The van der Waals surface area contributed by atoms with Crippen molar-refractivity contribution in [3.63, 3.8) is 0 Å². The molecule has 1 aliphatic heterocycles. The zero-order valence-corrected chi connectivity index (χ0v) is 16.3. The van der Waals surface area contributed by atoms with Gasteiger partial charge in [0.05, 0.1) is 0 Å². The Morgan fingerprint density at radius 3 is 2.63 bits per heavy atom. The highest BCUT2D eigenvalue weighted by Crippen LogP contribution is 2.27. The average molecular weight is 413 g/mol. The molecule has 1 aromatic heterocycles. The van der Waals surface area contributed by atoms with Gasteiger partial charge in [-0.3, -0.25) is 10.2 Å². The van der Waals surface area contributed by atoms with Gasteiger partial charge in [0.2, 0.25) is 0 Å². The highest BCUT2D eigenvalue weighted by molar-refractivity contribution is 8.01. The predicted octanol–water partition coefficient (Wildman–Crippen LogP) is 4.54. The molecule has 1 N–H and O–H groups in total. The van der Waals surface area contributed by atoms with Crippen molar-refractivity contribution in [1.29, 1.82) is 0 Å². The highest BCUT2D eigenvalue weighted by atomic mass is 32.2. The summed E-state index contributed by atoms with van der Waals surface area (Å²) in [6, 6.07) is 9.33. The van der Waals surface area contributed by atoms with Gasteiger partial charge in [-0.25, -0.2) is 10.0 Å². The number of carbonyl (C=O) groups excluding carboxylic acids is 1. The van der Waals surface area contributed by atoms with E-state index in [0.717, 1.165) is 11.1 Å². The van der Waals surface area contributed by atoms with E-state index in [4.69, 9.17) is 0 Å². The van der Waals surface area contributed by atoms with Gasteiger partial charge in [0.25, 0.3) is 5.91 Å². The lowest BCUT2D eigenvalue weighted by molar-refractivity contribution is -0.165. The summed E-state index contributed by atoms with van der Waals surface area (Å²) in [6.45, 7) is 2.38. The van der Waals surface area contributed by atoms with E-state index in [1.807, 2.05) is 48.9 Å². The number of aliphatic imine (C=N–C) groups is 1. The summed E-state index contributed by atoms with van der Waals surface area (Å²) in [6.07, 6.45) is -4.50. The van der Waals surface area contributed by atoms with Crippen LogP contribution in [0.1, 0.15) is 19.4 Å². The molecule has 1 aliphatic rings. The first-order valence-corrected chi connectivity index (χ1v) is 10.1. The normalized spacial score (nSPS) is 17.9. The van der Waals surface area contributed by atoms with E-state index in [1.54, 1.807) is 17.4 Å². The van der Waals surface area contributed by atoms with Crippen LogP contribution in [0.4, 0.5) is 13.2 Å². The molecule has 1 amide bonds. The Morgan fingerprint density at radius 1 is 1.26 bits per heavy atom. The van der Waals surface area contributed by atoms with E-state index in [9.17, 15) is 18.0 Å². The number of thiophene rings is 1. The maximum Gasteiger partial charge on any atom is 0.408 e. The standard InChI is InChI=1S/C18H18F3N3OS2/c1-11(2)27-16-17(25)24(10-18(19,20)21)23-15(22-16)13-5-3-4-12(8-13)14-6-7-26-9-14/h3-9,11,16H,10H2,1-2H3,(H,22,23). The summed E-state index contributed by atoms with van der Waals surface area (Å²) < 4.78 is 38.7. The summed E-state index contributed by atoms with van der Waals surface area (Å²) >= 11 is 2.79. The number of hydrogen-bond donors (Lipinski definition) is 1. The van der Waals surface area contributed by atoms with Gasteiger partial charge in [-0.2, -0.15) is 24.5 Å². The molecule has 0 saturated carbocycles. The third kappa shape index (κ3) is 5.04. The number of rotatable bonds is 5. The predicted molar refractivity (Wildman–Crippen MR) is 104 cm³/mol. The summed E-state index contributed by atoms with van der Waals surface area (Å²) in [7, 11) is 0. The van der Waals surface area contributed by atoms with Crippen molar-refractivity contribution in [1.82, 2.24) is 10.4 Å². The number of benzene rings is 1. The lowest BCUT2D eigenvalue weighted by atomic mass is 10.1. The summed E-state index contributed by atoms with van der Waals surface area (Å²) in [5.41, 5.74) is 5.15. The molecule has 0 aliphatic carbocycles. The number of carbonyl (C=O) groups is 1. The van der Waals surface area contributed by atoms with Crippen LogP contribution in [0, 0.1) is 0 Å².